The minimum absolute atomic E-state index is 0.368. The monoisotopic (exact) mass is 208 g/mol. The number of rotatable bonds is 2. The van der Waals surface area contributed by atoms with E-state index in [1.165, 1.54) is 5.69 Å². The van der Waals surface area contributed by atoms with E-state index in [1.807, 2.05) is 19.3 Å². The number of aryl methyl sites for hydroxylation is 1. The minimum atomic E-state index is -0.742. The molecule has 0 saturated carbocycles. The van der Waals surface area contributed by atoms with Crippen LogP contribution in [0.5, 0.6) is 0 Å². The molecule has 0 spiro atoms. The van der Waals surface area contributed by atoms with Crippen molar-refractivity contribution in [1.29, 1.82) is 0 Å². The van der Waals surface area contributed by atoms with Crippen LogP contribution in [0.25, 0.3) is 0 Å². The number of nitrogens with zero attached hydrogens (tertiary/aromatic N) is 1. The summed E-state index contributed by atoms with van der Waals surface area (Å²) in [6.45, 7) is 0.785. The summed E-state index contributed by atoms with van der Waals surface area (Å²) in [5.41, 5.74) is 1.24. The van der Waals surface area contributed by atoms with E-state index >= 15 is 0 Å². The average Bonchev–Trinajstić information content (AvgIpc) is 2.64. The lowest BCUT2D eigenvalue weighted by atomic mass is 9.90. The molecule has 2 rings (SSSR count). The van der Waals surface area contributed by atoms with Crippen LogP contribution < -0.4 is 5.32 Å². The highest BCUT2D eigenvalue weighted by Crippen LogP contribution is 2.27. The summed E-state index contributed by atoms with van der Waals surface area (Å²) in [4.78, 5) is 10.9. The lowest BCUT2D eigenvalue weighted by molar-refractivity contribution is -0.140. The molecule has 4 nitrogen and oxygen atoms in total. The number of carbonyl (C=O) groups is 1. The molecule has 2 atom stereocenters. The minimum Gasteiger partial charge on any atom is -0.480 e. The van der Waals surface area contributed by atoms with Gasteiger partial charge in [0, 0.05) is 24.9 Å². The number of aromatic nitrogens is 1. The zero-order valence-corrected chi connectivity index (χ0v) is 8.81. The largest absolute Gasteiger partial charge is 0.480 e. The van der Waals surface area contributed by atoms with Gasteiger partial charge in [-0.25, -0.2) is 0 Å². The maximum absolute atomic E-state index is 10.9. The molecule has 2 unspecified atom stereocenters. The maximum atomic E-state index is 10.9. The van der Waals surface area contributed by atoms with Gasteiger partial charge in [0.25, 0.3) is 0 Å². The van der Waals surface area contributed by atoms with E-state index in [-0.39, 0.29) is 0 Å². The SMILES string of the molecule is Cn1cccc1C1CCNC(C(=O)O)C1. The molecular weight excluding hydrogens is 192 g/mol. The number of nitrogens with one attached hydrogen (secondary N) is 1. The van der Waals surface area contributed by atoms with Gasteiger partial charge in [-0.1, -0.05) is 0 Å². The molecule has 15 heavy (non-hydrogen) atoms. The first-order valence-corrected chi connectivity index (χ1v) is 5.26. The number of aliphatic carboxylic acids is 1. The van der Waals surface area contributed by atoms with Crippen LogP contribution in [0.2, 0.25) is 0 Å². The fourth-order valence-corrected chi connectivity index (χ4v) is 2.27. The van der Waals surface area contributed by atoms with Crippen LogP contribution in [0.15, 0.2) is 18.3 Å². The highest BCUT2D eigenvalue weighted by Gasteiger charge is 2.28. The van der Waals surface area contributed by atoms with Crippen molar-refractivity contribution in [1.82, 2.24) is 9.88 Å². The van der Waals surface area contributed by atoms with Gasteiger partial charge in [0.1, 0.15) is 6.04 Å². The van der Waals surface area contributed by atoms with Crippen LogP contribution in [0.1, 0.15) is 24.5 Å². The molecule has 0 radical (unpaired) electrons. The van der Waals surface area contributed by atoms with Crippen LogP contribution in [0.3, 0.4) is 0 Å². The molecule has 0 amide bonds. The molecule has 1 fully saturated rings. The highest BCUT2D eigenvalue weighted by atomic mass is 16.4. The molecule has 2 N–H and O–H groups in total. The van der Waals surface area contributed by atoms with Gasteiger partial charge in [-0.15, -0.1) is 0 Å². The van der Waals surface area contributed by atoms with Gasteiger partial charge in [-0.2, -0.15) is 0 Å². The summed E-state index contributed by atoms with van der Waals surface area (Å²) >= 11 is 0. The van der Waals surface area contributed by atoms with Gasteiger partial charge in [-0.05, 0) is 31.5 Å². The Hall–Kier alpha value is -1.29. The molecule has 1 aliphatic heterocycles. The van der Waals surface area contributed by atoms with Crippen molar-refractivity contribution in [3.8, 4) is 0 Å². The van der Waals surface area contributed by atoms with E-state index in [1.54, 1.807) is 0 Å². The number of hydrogen-bond acceptors (Lipinski definition) is 2. The quantitative estimate of drug-likeness (QED) is 0.760. The average molecular weight is 208 g/mol. The van der Waals surface area contributed by atoms with Crippen LogP contribution in [-0.2, 0) is 11.8 Å². The third-order valence-electron chi connectivity index (χ3n) is 3.10. The molecule has 0 aliphatic carbocycles. The predicted octanol–water partition coefficient (Wildman–Crippen LogP) is 0.945. The van der Waals surface area contributed by atoms with Crippen molar-refractivity contribution in [3.05, 3.63) is 24.0 Å². The van der Waals surface area contributed by atoms with Crippen LogP contribution in [0.4, 0.5) is 0 Å². The molecule has 82 valence electrons. The number of carboxylic acids is 1. The van der Waals surface area contributed by atoms with Gasteiger partial charge in [0.15, 0.2) is 0 Å². The van der Waals surface area contributed by atoms with Crippen molar-refractivity contribution < 1.29 is 9.90 Å². The Balaban J connectivity index is 2.11. The number of hydrogen-bond donors (Lipinski definition) is 2. The summed E-state index contributed by atoms with van der Waals surface area (Å²) in [5, 5.41) is 12.0. The van der Waals surface area contributed by atoms with E-state index in [2.05, 4.69) is 16.0 Å². The lowest BCUT2D eigenvalue weighted by Gasteiger charge is -2.28. The van der Waals surface area contributed by atoms with Crippen molar-refractivity contribution >= 4 is 5.97 Å². The maximum Gasteiger partial charge on any atom is 0.320 e. The standard InChI is InChI=1S/C11H16N2O2/c1-13-6-2-3-10(13)8-4-5-12-9(7-8)11(14)15/h2-3,6,8-9,12H,4-5,7H2,1H3,(H,14,15). The van der Waals surface area contributed by atoms with Crippen LogP contribution >= 0.6 is 0 Å². The van der Waals surface area contributed by atoms with Crippen LogP contribution in [0, 0.1) is 0 Å². The molecular formula is C11H16N2O2. The van der Waals surface area contributed by atoms with E-state index in [9.17, 15) is 4.79 Å². The van der Waals surface area contributed by atoms with Gasteiger partial charge >= 0.3 is 5.97 Å². The van der Waals surface area contributed by atoms with Crippen molar-refractivity contribution in [3.63, 3.8) is 0 Å². The van der Waals surface area contributed by atoms with Gasteiger partial charge in [0.2, 0.25) is 0 Å². The third-order valence-corrected chi connectivity index (χ3v) is 3.10. The molecule has 0 aromatic carbocycles. The Morgan fingerprint density at radius 2 is 2.47 bits per heavy atom. The van der Waals surface area contributed by atoms with E-state index in [4.69, 9.17) is 5.11 Å². The highest BCUT2D eigenvalue weighted by molar-refractivity contribution is 5.73. The number of carboxylic acid groups (broad SMARTS) is 1. The van der Waals surface area contributed by atoms with E-state index in [0.29, 0.717) is 12.3 Å². The summed E-state index contributed by atoms with van der Waals surface area (Å²) in [6, 6.07) is 3.70. The number of piperidine rings is 1. The Morgan fingerprint density at radius 3 is 3.07 bits per heavy atom. The molecule has 1 aliphatic rings. The summed E-state index contributed by atoms with van der Waals surface area (Å²) in [5.74, 6) is -0.374. The normalized spacial score (nSPS) is 26.5. The summed E-state index contributed by atoms with van der Waals surface area (Å²) < 4.78 is 2.08. The predicted molar refractivity (Wildman–Crippen MR) is 56.8 cm³/mol. The van der Waals surface area contributed by atoms with Gasteiger partial charge < -0.3 is 15.0 Å². The smallest absolute Gasteiger partial charge is 0.320 e. The van der Waals surface area contributed by atoms with Crippen molar-refractivity contribution in [2.24, 2.45) is 7.05 Å². The van der Waals surface area contributed by atoms with Crippen molar-refractivity contribution in [2.45, 2.75) is 24.8 Å². The third kappa shape index (κ3) is 2.04. The van der Waals surface area contributed by atoms with Gasteiger partial charge in [-0.3, -0.25) is 4.79 Å². The first kappa shape index (κ1) is 10.2. The first-order chi connectivity index (χ1) is 7.18. The van der Waals surface area contributed by atoms with E-state index in [0.717, 1.165) is 13.0 Å². The zero-order chi connectivity index (χ0) is 10.8. The Morgan fingerprint density at radius 1 is 1.67 bits per heavy atom. The first-order valence-electron chi connectivity index (χ1n) is 5.26. The molecule has 1 aromatic heterocycles. The second-order valence-corrected chi connectivity index (χ2v) is 4.11. The molecule has 2 heterocycles. The van der Waals surface area contributed by atoms with Crippen molar-refractivity contribution in [2.75, 3.05) is 6.54 Å². The topological polar surface area (TPSA) is 54.3 Å². The Labute approximate surface area is 88.9 Å². The Kier molecular flexibility index (Phi) is 2.77. The van der Waals surface area contributed by atoms with Gasteiger partial charge in [0.05, 0.1) is 0 Å². The van der Waals surface area contributed by atoms with Crippen LogP contribution in [-0.4, -0.2) is 28.2 Å². The second kappa shape index (κ2) is 4.06. The Bertz CT molecular complexity index is 359. The molecule has 1 aromatic rings. The molecule has 4 heteroatoms. The zero-order valence-electron chi connectivity index (χ0n) is 8.81. The summed E-state index contributed by atoms with van der Waals surface area (Å²) in [6.07, 6.45) is 3.71. The fourth-order valence-electron chi connectivity index (χ4n) is 2.27. The van der Waals surface area contributed by atoms with E-state index < -0.39 is 12.0 Å². The molecule has 0 bridgehead atoms. The summed E-state index contributed by atoms with van der Waals surface area (Å²) in [7, 11) is 2.01. The lowest BCUT2D eigenvalue weighted by Crippen LogP contribution is -2.43. The molecule has 1 saturated heterocycles. The second-order valence-electron chi connectivity index (χ2n) is 4.11. The fraction of sp³-hybridized carbons (Fsp3) is 0.545.